The SMILES string of the molecule is CC12CCC(C(C)(C)O)(CC1OCc1ccccc1)O2. The summed E-state index contributed by atoms with van der Waals surface area (Å²) < 4.78 is 12.3. The number of fused-ring (bicyclic) bond motifs is 2. The molecule has 0 aromatic heterocycles. The lowest BCUT2D eigenvalue weighted by atomic mass is 9.73. The molecule has 3 heteroatoms. The van der Waals surface area contributed by atoms with Gasteiger partial charge in [-0.2, -0.15) is 0 Å². The molecule has 2 saturated heterocycles. The lowest BCUT2D eigenvalue weighted by molar-refractivity contribution is -0.153. The number of hydrogen-bond acceptors (Lipinski definition) is 3. The van der Waals surface area contributed by atoms with Crippen molar-refractivity contribution in [3.63, 3.8) is 0 Å². The molecule has 110 valence electrons. The zero-order valence-electron chi connectivity index (χ0n) is 12.6. The fourth-order valence-corrected chi connectivity index (χ4v) is 3.57. The van der Waals surface area contributed by atoms with Crippen LogP contribution in [0.5, 0.6) is 0 Å². The second kappa shape index (κ2) is 4.55. The largest absolute Gasteiger partial charge is 0.387 e. The van der Waals surface area contributed by atoms with Gasteiger partial charge in [0.25, 0.3) is 0 Å². The Balaban J connectivity index is 1.70. The van der Waals surface area contributed by atoms with Crippen LogP contribution in [0.3, 0.4) is 0 Å². The fraction of sp³-hybridized carbons (Fsp3) is 0.647. The summed E-state index contributed by atoms with van der Waals surface area (Å²) in [6.45, 7) is 6.41. The van der Waals surface area contributed by atoms with E-state index in [4.69, 9.17) is 9.47 Å². The van der Waals surface area contributed by atoms with Crippen LogP contribution < -0.4 is 0 Å². The van der Waals surface area contributed by atoms with Crippen molar-refractivity contribution in [3.8, 4) is 0 Å². The molecule has 1 aromatic carbocycles. The average Bonchev–Trinajstić information content (AvgIpc) is 2.89. The molecule has 2 bridgehead atoms. The highest BCUT2D eigenvalue weighted by atomic mass is 16.6. The molecule has 2 fully saturated rings. The second-order valence-corrected chi connectivity index (χ2v) is 6.96. The summed E-state index contributed by atoms with van der Waals surface area (Å²) in [6, 6.07) is 10.2. The minimum Gasteiger partial charge on any atom is -0.387 e. The first-order valence-corrected chi connectivity index (χ1v) is 7.43. The van der Waals surface area contributed by atoms with Crippen molar-refractivity contribution in [1.29, 1.82) is 0 Å². The molecule has 20 heavy (non-hydrogen) atoms. The minimum absolute atomic E-state index is 0.0582. The Labute approximate surface area is 120 Å². The Morgan fingerprint density at radius 2 is 2.00 bits per heavy atom. The zero-order chi connectivity index (χ0) is 14.4. The molecule has 2 heterocycles. The third kappa shape index (κ3) is 2.18. The summed E-state index contributed by atoms with van der Waals surface area (Å²) in [6.07, 6.45) is 2.71. The summed E-state index contributed by atoms with van der Waals surface area (Å²) in [5.74, 6) is 0. The van der Waals surface area contributed by atoms with E-state index in [1.165, 1.54) is 5.56 Å². The predicted octanol–water partition coefficient (Wildman–Crippen LogP) is 3.05. The molecule has 0 spiro atoms. The molecule has 2 aliphatic rings. The number of ether oxygens (including phenoxy) is 2. The molecule has 0 radical (unpaired) electrons. The van der Waals surface area contributed by atoms with Gasteiger partial charge in [-0.1, -0.05) is 30.3 Å². The first-order chi connectivity index (χ1) is 9.35. The van der Waals surface area contributed by atoms with Gasteiger partial charge in [0.2, 0.25) is 0 Å². The summed E-state index contributed by atoms with van der Waals surface area (Å²) in [7, 11) is 0. The van der Waals surface area contributed by atoms with Crippen molar-refractivity contribution in [2.24, 2.45) is 0 Å². The van der Waals surface area contributed by atoms with Crippen LogP contribution in [0.2, 0.25) is 0 Å². The molecule has 0 amide bonds. The van der Waals surface area contributed by atoms with Crippen molar-refractivity contribution >= 4 is 0 Å². The molecule has 2 aliphatic heterocycles. The van der Waals surface area contributed by atoms with Gasteiger partial charge in [-0.25, -0.2) is 0 Å². The van der Waals surface area contributed by atoms with Crippen LogP contribution in [0.4, 0.5) is 0 Å². The molecule has 3 unspecified atom stereocenters. The summed E-state index contributed by atoms with van der Waals surface area (Å²) in [5, 5.41) is 10.4. The standard InChI is InChI=1S/C17H24O3/c1-15(2,18)17-10-9-16(3,20-17)14(11-17)19-12-13-7-5-4-6-8-13/h4-8,14,18H,9-12H2,1-3H3. The maximum absolute atomic E-state index is 10.4. The molecular formula is C17H24O3. The summed E-state index contributed by atoms with van der Waals surface area (Å²) in [4.78, 5) is 0. The molecule has 3 rings (SSSR count). The molecular weight excluding hydrogens is 252 g/mol. The Morgan fingerprint density at radius 3 is 2.60 bits per heavy atom. The van der Waals surface area contributed by atoms with E-state index in [1.807, 2.05) is 32.0 Å². The molecule has 0 aliphatic carbocycles. The Hall–Kier alpha value is -0.900. The van der Waals surface area contributed by atoms with E-state index in [2.05, 4.69) is 19.1 Å². The minimum atomic E-state index is -0.824. The van der Waals surface area contributed by atoms with Crippen LogP contribution in [0.25, 0.3) is 0 Å². The quantitative estimate of drug-likeness (QED) is 0.918. The summed E-state index contributed by atoms with van der Waals surface area (Å²) >= 11 is 0. The van der Waals surface area contributed by atoms with Gasteiger partial charge in [0.15, 0.2) is 0 Å². The fourth-order valence-electron chi connectivity index (χ4n) is 3.57. The summed E-state index contributed by atoms with van der Waals surface area (Å²) in [5.41, 5.74) is -0.343. The second-order valence-electron chi connectivity index (χ2n) is 6.96. The highest BCUT2D eigenvalue weighted by Gasteiger charge is 2.64. The molecule has 1 N–H and O–H groups in total. The number of hydrogen-bond donors (Lipinski definition) is 1. The van der Waals surface area contributed by atoms with Gasteiger partial charge in [0.1, 0.15) is 0 Å². The van der Waals surface area contributed by atoms with Crippen LogP contribution in [0.15, 0.2) is 30.3 Å². The Kier molecular flexibility index (Phi) is 3.20. The monoisotopic (exact) mass is 276 g/mol. The van der Waals surface area contributed by atoms with E-state index in [0.29, 0.717) is 6.61 Å². The Bertz CT molecular complexity index is 479. The third-order valence-corrected chi connectivity index (χ3v) is 5.06. The van der Waals surface area contributed by atoms with Crippen LogP contribution in [-0.2, 0) is 16.1 Å². The van der Waals surface area contributed by atoms with E-state index in [-0.39, 0.29) is 11.7 Å². The van der Waals surface area contributed by atoms with Crippen molar-refractivity contribution in [1.82, 2.24) is 0 Å². The molecule has 0 saturated carbocycles. The number of rotatable bonds is 4. The highest BCUT2D eigenvalue weighted by molar-refractivity contribution is 5.16. The predicted molar refractivity (Wildman–Crippen MR) is 77.4 cm³/mol. The molecule has 3 atom stereocenters. The van der Waals surface area contributed by atoms with Crippen molar-refractivity contribution in [3.05, 3.63) is 35.9 Å². The third-order valence-electron chi connectivity index (χ3n) is 5.06. The normalized spacial score (nSPS) is 36.5. The lowest BCUT2D eigenvalue weighted by Gasteiger charge is -2.37. The molecule has 3 nitrogen and oxygen atoms in total. The van der Waals surface area contributed by atoms with E-state index >= 15 is 0 Å². The maximum Gasteiger partial charge on any atom is 0.0998 e. The maximum atomic E-state index is 10.4. The van der Waals surface area contributed by atoms with Crippen LogP contribution in [-0.4, -0.2) is 28.0 Å². The van der Waals surface area contributed by atoms with Crippen LogP contribution in [0.1, 0.15) is 45.6 Å². The van der Waals surface area contributed by atoms with Crippen molar-refractivity contribution in [2.45, 2.75) is 69.5 Å². The smallest absolute Gasteiger partial charge is 0.0998 e. The van der Waals surface area contributed by atoms with Crippen LogP contribution >= 0.6 is 0 Å². The van der Waals surface area contributed by atoms with Gasteiger partial charge in [0, 0.05) is 6.42 Å². The van der Waals surface area contributed by atoms with E-state index in [9.17, 15) is 5.11 Å². The number of aliphatic hydroxyl groups is 1. The van der Waals surface area contributed by atoms with Crippen molar-refractivity contribution < 1.29 is 14.6 Å². The topological polar surface area (TPSA) is 38.7 Å². The lowest BCUT2D eigenvalue weighted by Crippen LogP contribution is -2.49. The van der Waals surface area contributed by atoms with Gasteiger partial charge >= 0.3 is 0 Å². The van der Waals surface area contributed by atoms with E-state index in [1.54, 1.807) is 0 Å². The van der Waals surface area contributed by atoms with Gasteiger partial charge in [-0.3, -0.25) is 0 Å². The van der Waals surface area contributed by atoms with E-state index in [0.717, 1.165) is 19.3 Å². The first-order valence-electron chi connectivity index (χ1n) is 7.43. The van der Waals surface area contributed by atoms with Crippen LogP contribution in [0, 0.1) is 0 Å². The van der Waals surface area contributed by atoms with Gasteiger partial charge in [-0.15, -0.1) is 0 Å². The van der Waals surface area contributed by atoms with Gasteiger partial charge < -0.3 is 14.6 Å². The Morgan fingerprint density at radius 1 is 1.30 bits per heavy atom. The first kappa shape index (κ1) is 14.1. The average molecular weight is 276 g/mol. The van der Waals surface area contributed by atoms with Crippen molar-refractivity contribution in [2.75, 3.05) is 0 Å². The number of benzene rings is 1. The highest BCUT2D eigenvalue weighted by Crippen LogP contribution is 2.56. The molecule has 1 aromatic rings. The van der Waals surface area contributed by atoms with E-state index < -0.39 is 11.2 Å². The van der Waals surface area contributed by atoms with Gasteiger partial charge in [0.05, 0.1) is 29.5 Å². The zero-order valence-corrected chi connectivity index (χ0v) is 12.6. The van der Waals surface area contributed by atoms with Gasteiger partial charge in [-0.05, 0) is 39.2 Å².